The molecule has 1 aromatic carbocycles. The van der Waals surface area contributed by atoms with Gasteiger partial charge in [-0.1, -0.05) is 0 Å². The van der Waals surface area contributed by atoms with Gasteiger partial charge in [-0.25, -0.2) is 0 Å². The predicted octanol–water partition coefficient (Wildman–Crippen LogP) is 3.26. The third kappa shape index (κ3) is 4.41. The molecule has 3 saturated heterocycles. The fourth-order valence-corrected chi connectivity index (χ4v) is 5.73. The molecule has 2 aromatic rings. The second-order valence-corrected chi connectivity index (χ2v) is 9.39. The van der Waals surface area contributed by atoms with Crippen LogP contribution in [-0.4, -0.2) is 78.8 Å². The number of rotatable bonds is 4. The first kappa shape index (κ1) is 20.7. The van der Waals surface area contributed by atoms with E-state index in [1.807, 2.05) is 12.1 Å². The van der Waals surface area contributed by atoms with Gasteiger partial charge in [0.15, 0.2) is 0 Å². The number of hydrogen-bond acceptors (Lipinski definition) is 6. The van der Waals surface area contributed by atoms with Gasteiger partial charge in [-0.3, -0.25) is 4.98 Å². The number of nitriles is 1. The van der Waals surface area contributed by atoms with E-state index in [9.17, 15) is 5.26 Å². The zero-order chi connectivity index (χ0) is 21.2. The Labute approximate surface area is 185 Å². The van der Waals surface area contributed by atoms with E-state index < -0.39 is 0 Å². The van der Waals surface area contributed by atoms with Crippen molar-refractivity contribution < 1.29 is 4.74 Å². The summed E-state index contributed by atoms with van der Waals surface area (Å²) in [6.07, 6.45) is 7.49. The van der Waals surface area contributed by atoms with Gasteiger partial charge in [0.2, 0.25) is 0 Å². The van der Waals surface area contributed by atoms with Crippen molar-refractivity contribution in [2.75, 3.05) is 50.7 Å². The molecule has 0 N–H and O–H groups in total. The van der Waals surface area contributed by atoms with E-state index >= 15 is 0 Å². The summed E-state index contributed by atoms with van der Waals surface area (Å²) in [5, 5.41) is 10.5. The Hall–Kier alpha value is -2.20. The highest BCUT2D eigenvalue weighted by Crippen LogP contribution is 2.30. The molecule has 0 aliphatic carbocycles. The van der Waals surface area contributed by atoms with Crippen LogP contribution in [-0.2, 0) is 4.74 Å². The van der Waals surface area contributed by atoms with E-state index in [-0.39, 0.29) is 12.2 Å². The van der Waals surface area contributed by atoms with E-state index in [1.54, 1.807) is 6.20 Å². The van der Waals surface area contributed by atoms with E-state index in [0.717, 1.165) is 42.3 Å². The second kappa shape index (κ2) is 9.12. The molecule has 3 aliphatic heterocycles. The molecule has 2 atom stereocenters. The van der Waals surface area contributed by atoms with Crippen molar-refractivity contribution in [3.8, 4) is 6.07 Å². The maximum Gasteiger partial charge on any atom is 0.101 e. The van der Waals surface area contributed by atoms with Crippen LogP contribution in [0.1, 0.15) is 38.2 Å². The molecular weight excluding hydrogens is 386 g/mol. The first-order valence-corrected chi connectivity index (χ1v) is 11.9. The number of morpholine rings is 1. The van der Waals surface area contributed by atoms with E-state index in [0.29, 0.717) is 5.56 Å². The maximum atomic E-state index is 9.46. The van der Waals surface area contributed by atoms with Crippen LogP contribution in [0, 0.1) is 11.3 Å². The maximum absolute atomic E-state index is 9.46. The van der Waals surface area contributed by atoms with Crippen LogP contribution in [0.4, 0.5) is 5.69 Å². The number of piperidine rings is 1. The molecule has 0 saturated carbocycles. The van der Waals surface area contributed by atoms with Gasteiger partial charge in [0.25, 0.3) is 0 Å². The van der Waals surface area contributed by atoms with Gasteiger partial charge in [0, 0.05) is 42.9 Å². The zero-order valence-corrected chi connectivity index (χ0v) is 18.5. The van der Waals surface area contributed by atoms with E-state index in [4.69, 9.17) is 4.74 Å². The average molecular weight is 420 g/mol. The van der Waals surface area contributed by atoms with Gasteiger partial charge in [-0.2, -0.15) is 5.26 Å². The zero-order valence-electron chi connectivity index (χ0n) is 18.5. The molecule has 5 rings (SSSR count). The highest BCUT2D eigenvalue weighted by molar-refractivity contribution is 5.95. The average Bonchev–Trinajstić information content (AvgIpc) is 3.33. The van der Waals surface area contributed by atoms with Crippen molar-refractivity contribution in [1.29, 1.82) is 5.26 Å². The molecule has 6 nitrogen and oxygen atoms in total. The Kier molecular flexibility index (Phi) is 6.08. The van der Waals surface area contributed by atoms with Crippen molar-refractivity contribution >= 4 is 16.6 Å². The number of pyridine rings is 1. The van der Waals surface area contributed by atoms with Crippen LogP contribution in [0.5, 0.6) is 0 Å². The molecule has 4 heterocycles. The predicted molar refractivity (Wildman–Crippen MR) is 123 cm³/mol. The summed E-state index contributed by atoms with van der Waals surface area (Å²) < 4.78 is 6.36. The summed E-state index contributed by atoms with van der Waals surface area (Å²) in [7, 11) is 0. The number of likely N-dealkylation sites (tertiary alicyclic amines) is 2. The lowest BCUT2D eigenvalue weighted by Crippen LogP contribution is -2.53. The molecule has 0 bridgehead atoms. The molecule has 1 aromatic heterocycles. The first-order valence-electron chi connectivity index (χ1n) is 11.9. The van der Waals surface area contributed by atoms with Crippen molar-refractivity contribution in [1.82, 2.24) is 14.8 Å². The third-order valence-electron chi connectivity index (χ3n) is 7.21. The number of anilines is 1. The minimum absolute atomic E-state index is 0.184. The number of ether oxygens (including phenoxy) is 1. The Morgan fingerprint density at radius 2 is 1.90 bits per heavy atom. The lowest BCUT2D eigenvalue weighted by atomic mass is 10.0. The third-order valence-corrected chi connectivity index (χ3v) is 7.21. The Morgan fingerprint density at radius 1 is 1.10 bits per heavy atom. The van der Waals surface area contributed by atoms with Crippen molar-refractivity contribution in [3.05, 3.63) is 36.0 Å². The fraction of sp³-hybridized carbons (Fsp3) is 0.600. The molecule has 0 amide bonds. The quantitative estimate of drug-likeness (QED) is 0.758. The highest BCUT2D eigenvalue weighted by atomic mass is 16.5. The Bertz CT molecular complexity index is 943. The lowest BCUT2D eigenvalue weighted by molar-refractivity contribution is -0.0371. The minimum Gasteiger partial charge on any atom is -0.370 e. The monoisotopic (exact) mass is 419 g/mol. The number of nitrogens with zero attached hydrogens (tertiary/aromatic N) is 5. The van der Waals surface area contributed by atoms with Crippen LogP contribution in [0.2, 0.25) is 0 Å². The summed E-state index contributed by atoms with van der Waals surface area (Å²) >= 11 is 0. The van der Waals surface area contributed by atoms with Gasteiger partial charge in [-0.15, -0.1) is 0 Å². The van der Waals surface area contributed by atoms with Crippen molar-refractivity contribution in [2.24, 2.45) is 0 Å². The van der Waals surface area contributed by atoms with Crippen LogP contribution in [0.3, 0.4) is 0 Å². The van der Waals surface area contributed by atoms with Crippen molar-refractivity contribution in [3.63, 3.8) is 0 Å². The first-order chi connectivity index (χ1) is 15.2. The molecule has 31 heavy (non-hydrogen) atoms. The summed E-state index contributed by atoms with van der Waals surface area (Å²) in [6.45, 7) is 9.88. The van der Waals surface area contributed by atoms with Crippen LogP contribution < -0.4 is 4.90 Å². The Morgan fingerprint density at radius 3 is 2.68 bits per heavy atom. The normalized spacial score (nSPS) is 26.4. The molecule has 0 spiro atoms. The summed E-state index contributed by atoms with van der Waals surface area (Å²) in [5.41, 5.74) is 2.59. The van der Waals surface area contributed by atoms with Crippen LogP contribution in [0.25, 0.3) is 10.9 Å². The topological polar surface area (TPSA) is 55.6 Å². The van der Waals surface area contributed by atoms with Crippen molar-refractivity contribution in [2.45, 2.75) is 50.9 Å². The fourth-order valence-electron chi connectivity index (χ4n) is 5.73. The summed E-state index contributed by atoms with van der Waals surface area (Å²) in [6, 6.07) is 11.1. The summed E-state index contributed by atoms with van der Waals surface area (Å²) in [5.74, 6) is 0. The lowest BCUT2D eigenvalue weighted by Gasteiger charge is -2.42. The number of benzene rings is 1. The molecule has 6 heteroatoms. The minimum atomic E-state index is 0.184. The molecule has 0 unspecified atom stereocenters. The van der Waals surface area contributed by atoms with Gasteiger partial charge >= 0.3 is 0 Å². The van der Waals surface area contributed by atoms with E-state index in [1.165, 1.54) is 51.9 Å². The van der Waals surface area contributed by atoms with Crippen LogP contribution >= 0.6 is 0 Å². The summed E-state index contributed by atoms with van der Waals surface area (Å²) in [4.78, 5) is 12.2. The number of fused-ring (bicyclic) bond motifs is 1. The van der Waals surface area contributed by atoms with Gasteiger partial charge in [0.1, 0.15) is 6.07 Å². The molecule has 3 aliphatic rings. The van der Waals surface area contributed by atoms with Gasteiger partial charge < -0.3 is 19.4 Å². The molecule has 164 valence electrons. The number of hydrogen-bond donors (Lipinski definition) is 0. The SMILES string of the molecule is C[C@@H]1CN(c2ccc(C#N)c3ncccc23)C[C@H](CN2CCC(N3CCCC3)CC2)O1. The highest BCUT2D eigenvalue weighted by Gasteiger charge is 2.31. The Balaban J connectivity index is 1.26. The standard InChI is InChI=1S/C25H33N5O/c1-19-16-30(24-7-6-20(15-26)25-23(24)5-4-10-27-25)18-22(31-19)17-28-13-8-21(9-14-28)29-11-2-3-12-29/h4-7,10,19,21-22H,2-3,8-9,11-14,16-18H2,1H3/t19-,22+/m1/s1. The van der Waals surface area contributed by atoms with Gasteiger partial charge in [0.05, 0.1) is 23.3 Å². The largest absolute Gasteiger partial charge is 0.370 e. The van der Waals surface area contributed by atoms with E-state index in [2.05, 4.69) is 44.8 Å². The molecule has 0 radical (unpaired) electrons. The number of aromatic nitrogens is 1. The molecule has 3 fully saturated rings. The second-order valence-electron chi connectivity index (χ2n) is 9.39. The van der Waals surface area contributed by atoms with Gasteiger partial charge in [-0.05, 0) is 83.1 Å². The molecular formula is C25H33N5O. The van der Waals surface area contributed by atoms with Crippen LogP contribution in [0.15, 0.2) is 30.5 Å². The smallest absolute Gasteiger partial charge is 0.101 e.